The van der Waals surface area contributed by atoms with E-state index >= 15 is 0 Å². The second kappa shape index (κ2) is 6.53. The Morgan fingerprint density at radius 1 is 1.20 bits per heavy atom. The Balaban J connectivity index is 2.24. The molecule has 20 heavy (non-hydrogen) atoms. The third kappa shape index (κ3) is 3.17. The van der Waals surface area contributed by atoms with Gasteiger partial charge in [-0.1, -0.05) is 23.9 Å². The molecule has 0 spiro atoms. The van der Waals surface area contributed by atoms with Crippen LogP contribution in [0.15, 0.2) is 39.6 Å². The lowest BCUT2D eigenvalue weighted by molar-refractivity contribution is -0.144. The molecule has 2 aromatic rings. The van der Waals surface area contributed by atoms with Gasteiger partial charge in [-0.2, -0.15) is 0 Å². The molecular formula is C13H11NO4S2. The average Bonchev–Trinajstić information content (AvgIpc) is 2.89. The minimum atomic E-state index is -0.731. The molecule has 0 fully saturated rings. The molecule has 1 aromatic heterocycles. The molecule has 1 aromatic carbocycles. The average molecular weight is 309 g/mol. The number of aromatic nitrogens is 1. The van der Waals surface area contributed by atoms with Crippen molar-refractivity contribution in [3.63, 3.8) is 0 Å². The van der Waals surface area contributed by atoms with Gasteiger partial charge in [0.15, 0.2) is 9.91 Å². The lowest BCUT2D eigenvalue weighted by atomic mass is 10.3. The highest BCUT2D eigenvalue weighted by atomic mass is 32.2. The maximum absolute atomic E-state index is 11.5. The molecule has 7 heteroatoms. The second-order valence-electron chi connectivity index (χ2n) is 3.58. The van der Waals surface area contributed by atoms with Gasteiger partial charge in [0.1, 0.15) is 0 Å². The molecule has 0 atom stereocenters. The third-order valence-electron chi connectivity index (χ3n) is 2.36. The molecule has 0 saturated heterocycles. The number of hydrogen-bond acceptors (Lipinski definition) is 7. The van der Waals surface area contributed by atoms with Crippen LogP contribution >= 0.6 is 23.1 Å². The minimum absolute atomic E-state index is 0.153. The highest BCUT2D eigenvalue weighted by molar-refractivity contribution is 8.03. The molecule has 0 aliphatic carbocycles. The van der Waals surface area contributed by atoms with E-state index in [-0.39, 0.29) is 5.57 Å². The van der Waals surface area contributed by atoms with Gasteiger partial charge in [0, 0.05) is 5.41 Å². The van der Waals surface area contributed by atoms with Crippen LogP contribution in [0.3, 0.4) is 0 Å². The first-order chi connectivity index (χ1) is 9.65. The van der Waals surface area contributed by atoms with Crippen molar-refractivity contribution in [2.75, 3.05) is 14.2 Å². The summed E-state index contributed by atoms with van der Waals surface area (Å²) in [6, 6.07) is 7.70. The summed E-state index contributed by atoms with van der Waals surface area (Å²) in [7, 11) is 2.42. The predicted molar refractivity (Wildman–Crippen MR) is 77.6 cm³/mol. The van der Waals surface area contributed by atoms with E-state index in [0.29, 0.717) is 0 Å². The number of methoxy groups -OCH3 is 2. The molecule has 0 N–H and O–H groups in total. The minimum Gasteiger partial charge on any atom is -0.465 e. The maximum atomic E-state index is 11.5. The van der Waals surface area contributed by atoms with Gasteiger partial charge >= 0.3 is 11.9 Å². The van der Waals surface area contributed by atoms with Crippen LogP contribution in [0.25, 0.3) is 10.2 Å². The van der Waals surface area contributed by atoms with E-state index in [4.69, 9.17) is 0 Å². The summed E-state index contributed by atoms with van der Waals surface area (Å²) in [5, 5.41) is 1.40. The number of fused-ring (bicyclic) bond motifs is 1. The molecule has 0 aliphatic rings. The fourth-order valence-electron chi connectivity index (χ4n) is 1.41. The number of para-hydroxylation sites is 1. The predicted octanol–water partition coefficient (Wildman–Crippen LogP) is 2.62. The van der Waals surface area contributed by atoms with E-state index in [1.807, 2.05) is 24.3 Å². The number of carbonyl (C=O) groups excluding carboxylic acids is 2. The van der Waals surface area contributed by atoms with Crippen molar-refractivity contribution in [1.29, 1.82) is 0 Å². The molecule has 0 unspecified atom stereocenters. The first-order valence-electron chi connectivity index (χ1n) is 5.54. The summed E-state index contributed by atoms with van der Waals surface area (Å²) in [4.78, 5) is 27.4. The summed E-state index contributed by atoms with van der Waals surface area (Å²) < 4.78 is 10.9. The number of ether oxygens (including phenoxy) is 2. The number of thiazole rings is 1. The Labute approximate surface area is 123 Å². The zero-order chi connectivity index (χ0) is 14.5. The van der Waals surface area contributed by atoms with Crippen LogP contribution in [0.4, 0.5) is 0 Å². The first-order valence-corrected chi connectivity index (χ1v) is 7.24. The molecule has 2 rings (SSSR count). The van der Waals surface area contributed by atoms with E-state index < -0.39 is 11.9 Å². The molecule has 0 aliphatic heterocycles. The van der Waals surface area contributed by atoms with Crippen molar-refractivity contribution >= 4 is 45.3 Å². The van der Waals surface area contributed by atoms with Gasteiger partial charge in [0.2, 0.25) is 0 Å². The van der Waals surface area contributed by atoms with Gasteiger partial charge in [-0.25, -0.2) is 14.6 Å². The summed E-state index contributed by atoms with van der Waals surface area (Å²) in [5.41, 5.74) is 0.727. The molecule has 0 radical (unpaired) electrons. The van der Waals surface area contributed by atoms with E-state index in [1.54, 1.807) is 0 Å². The Bertz CT molecular complexity index is 627. The van der Waals surface area contributed by atoms with Crippen LogP contribution in [0.2, 0.25) is 0 Å². The smallest absolute Gasteiger partial charge is 0.345 e. The van der Waals surface area contributed by atoms with Crippen molar-refractivity contribution in [1.82, 2.24) is 4.98 Å². The standard InChI is InChI=1S/C13H11NO4S2/c1-17-11(15)8(12(16)18-2)7-19-13-14-9-5-3-4-6-10(9)20-13/h3-7H,1-2H3. The fraction of sp³-hybridized carbons (Fsp3) is 0.154. The van der Waals surface area contributed by atoms with Crippen LogP contribution in [-0.2, 0) is 19.1 Å². The SMILES string of the molecule is COC(=O)C(=CSc1nc2ccccc2s1)C(=O)OC. The normalized spacial score (nSPS) is 10.1. The van der Waals surface area contributed by atoms with Gasteiger partial charge in [0.25, 0.3) is 0 Å². The van der Waals surface area contributed by atoms with Gasteiger partial charge in [-0.05, 0) is 12.1 Å². The Morgan fingerprint density at radius 3 is 2.45 bits per heavy atom. The lowest BCUT2D eigenvalue weighted by Gasteiger charge is -2.01. The molecule has 0 saturated carbocycles. The van der Waals surface area contributed by atoms with Crippen molar-refractivity contribution in [2.45, 2.75) is 4.34 Å². The van der Waals surface area contributed by atoms with Crippen LogP contribution in [-0.4, -0.2) is 31.1 Å². The number of rotatable bonds is 4. The summed E-state index contributed by atoms with van der Waals surface area (Å²) in [5.74, 6) is -1.46. The van der Waals surface area contributed by atoms with Gasteiger partial charge in [-0.15, -0.1) is 11.3 Å². The lowest BCUT2D eigenvalue weighted by Crippen LogP contribution is -2.15. The number of nitrogens with zero attached hydrogens (tertiary/aromatic N) is 1. The van der Waals surface area contributed by atoms with E-state index in [9.17, 15) is 9.59 Å². The molecule has 5 nitrogen and oxygen atoms in total. The van der Waals surface area contributed by atoms with Gasteiger partial charge in [-0.3, -0.25) is 0 Å². The molecule has 0 amide bonds. The first kappa shape index (κ1) is 14.5. The largest absolute Gasteiger partial charge is 0.465 e. The summed E-state index contributed by atoms with van der Waals surface area (Å²) in [6.07, 6.45) is 0. The fourth-order valence-corrected chi connectivity index (χ4v) is 3.28. The number of esters is 2. The second-order valence-corrected chi connectivity index (χ2v) is 5.73. The molecule has 0 bridgehead atoms. The quantitative estimate of drug-likeness (QED) is 0.284. The Hall–Kier alpha value is -1.86. The van der Waals surface area contributed by atoms with E-state index in [1.165, 1.54) is 42.7 Å². The summed E-state index contributed by atoms with van der Waals surface area (Å²) >= 11 is 2.67. The topological polar surface area (TPSA) is 65.5 Å². The van der Waals surface area contributed by atoms with Crippen LogP contribution in [0.5, 0.6) is 0 Å². The monoisotopic (exact) mass is 309 g/mol. The third-order valence-corrected chi connectivity index (χ3v) is 4.38. The molecular weight excluding hydrogens is 298 g/mol. The van der Waals surface area contributed by atoms with Crippen LogP contribution in [0, 0.1) is 0 Å². The van der Waals surface area contributed by atoms with Gasteiger partial charge < -0.3 is 9.47 Å². The highest BCUT2D eigenvalue weighted by Gasteiger charge is 2.19. The number of hydrogen-bond donors (Lipinski definition) is 0. The zero-order valence-electron chi connectivity index (χ0n) is 10.8. The van der Waals surface area contributed by atoms with Crippen molar-refractivity contribution < 1.29 is 19.1 Å². The van der Waals surface area contributed by atoms with Crippen LogP contribution in [0.1, 0.15) is 0 Å². The maximum Gasteiger partial charge on any atom is 0.345 e. The zero-order valence-corrected chi connectivity index (χ0v) is 12.4. The van der Waals surface area contributed by atoms with Crippen LogP contribution < -0.4 is 0 Å². The van der Waals surface area contributed by atoms with Crippen molar-refractivity contribution in [3.8, 4) is 0 Å². The summed E-state index contributed by atoms with van der Waals surface area (Å²) in [6.45, 7) is 0. The van der Waals surface area contributed by atoms with Gasteiger partial charge in [0.05, 0.1) is 24.4 Å². The number of carbonyl (C=O) groups is 2. The molecule has 104 valence electrons. The Kier molecular flexibility index (Phi) is 4.75. The van der Waals surface area contributed by atoms with E-state index in [2.05, 4.69) is 14.5 Å². The number of benzene rings is 1. The van der Waals surface area contributed by atoms with Crippen molar-refractivity contribution in [2.24, 2.45) is 0 Å². The Morgan fingerprint density at radius 2 is 1.85 bits per heavy atom. The van der Waals surface area contributed by atoms with Crippen molar-refractivity contribution in [3.05, 3.63) is 35.2 Å². The number of thioether (sulfide) groups is 1. The molecule has 1 heterocycles. The highest BCUT2D eigenvalue weighted by Crippen LogP contribution is 2.30. The van der Waals surface area contributed by atoms with E-state index in [0.717, 1.165) is 14.6 Å².